The molecule has 0 bridgehead atoms. The molecule has 0 saturated heterocycles. The number of nitrogens with one attached hydrogen (secondary N) is 1. The minimum atomic E-state index is -4.67. The molecule has 1 unspecified atom stereocenters. The largest absolute Gasteiger partial charge is 0.453 e. The lowest BCUT2D eigenvalue weighted by Crippen LogP contribution is -2.17. The fourth-order valence-corrected chi connectivity index (χ4v) is 2.83. The van der Waals surface area contributed by atoms with E-state index in [0.29, 0.717) is 22.7 Å². The minimum absolute atomic E-state index is 0.0103. The monoisotopic (exact) mass is 403 g/mol. The molecule has 4 rings (SSSR count). The number of rotatable bonds is 6. The first kappa shape index (κ1) is 18.8. The molecule has 0 aliphatic carbocycles. The average Bonchev–Trinajstić information content (AvgIpc) is 3.33. The molecular formula is C18H16F3N7O. The van der Waals surface area contributed by atoms with Crippen molar-refractivity contribution >= 4 is 11.5 Å². The molecule has 29 heavy (non-hydrogen) atoms. The predicted octanol–water partition coefficient (Wildman–Crippen LogP) is 3.68. The summed E-state index contributed by atoms with van der Waals surface area (Å²) in [7, 11) is 0. The van der Waals surface area contributed by atoms with Crippen molar-refractivity contribution in [3.8, 4) is 0 Å². The average molecular weight is 403 g/mol. The maximum absolute atomic E-state index is 13.1. The van der Waals surface area contributed by atoms with Crippen LogP contribution in [0.5, 0.6) is 0 Å². The summed E-state index contributed by atoms with van der Waals surface area (Å²) in [5, 5.41) is 17.8. The lowest BCUT2D eigenvalue weighted by molar-refractivity contribution is -0.146. The Labute approximate surface area is 162 Å². The standard InChI is InChI=1S/C18H16F3N7O/c1-2-6-14-23-16(27-29-14)15(11-7-4-3-5-8-11)22-12-9-10-13-24-25-17(18(19,20)21)28(13)26-12/h3-5,7-10,15H,2,6H2,1H3,(H,22,26). The molecule has 0 saturated carbocycles. The Balaban J connectivity index is 1.72. The fraction of sp³-hybridized carbons (Fsp3) is 0.278. The third-order valence-electron chi connectivity index (χ3n) is 4.15. The number of alkyl halides is 3. The van der Waals surface area contributed by atoms with Gasteiger partial charge < -0.3 is 9.84 Å². The van der Waals surface area contributed by atoms with Crippen molar-refractivity contribution < 1.29 is 17.7 Å². The van der Waals surface area contributed by atoms with Crippen LogP contribution in [0, 0.1) is 0 Å². The number of fused-ring (bicyclic) bond motifs is 1. The second-order valence-corrected chi connectivity index (χ2v) is 6.29. The molecule has 3 aromatic heterocycles. The van der Waals surface area contributed by atoms with E-state index < -0.39 is 18.0 Å². The number of hydrogen-bond acceptors (Lipinski definition) is 7. The Morgan fingerprint density at radius 1 is 1.10 bits per heavy atom. The van der Waals surface area contributed by atoms with E-state index in [1.807, 2.05) is 37.3 Å². The first-order valence-electron chi connectivity index (χ1n) is 8.89. The number of nitrogens with zero attached hydrogens (tertiary/aromatic N) is 6. The van der Waals surface area contributed by atoms with Crippen LogP contribution in [0.3, 0.4) is 0 Å². The molecule has 0 radical (unpaired) electrons. The first-order chi connectivity index (χ1) is 14.0. The van der Waals surface area contributed by atoms with Gasteiger partial charge in [-0.05, 0) is 24.1 Å². The zero-order chi connectivity index (χ0) is 20.4. The van der Waals surface area contributed by atoms with Crippen LogP contribution in [-0.4, -0.2) is 30.0 Å². The molecular weight excluding hydrogens is 387 g/mol. The molecule has 3 heterocycles. The van der Waals surface area contributed by atoms with Gasteiger partial charge in [0.25, 0.3) is 5.82 Å². The van der Waals surface area contributed by atoms with E-state index in [2.05, 4.69) is 30.8 Å². The zero-order valence-corrected chi connectivity index (χ0v) is 15.3. The summed E-state index contributed by atoms with van der Waals surface area (Å²) in [6.07, 6.45) is -3.20. The van der Waals surface area contributed by atoms with E-state index in [0.717, 1.165) is 12.0 Å². The number of halogens is 3. The zero-order valence-electron chi connectivity index (χ0n) is 15.3. The highest BCUT2D eigenvalue weighted by atomic mass is 19.4. The number of benzene rings is 1. The van der Waals surface area contributed by atoms with Gasteiger partial charge in [0.2, 0.25) is 5.89 Å². The summed E-state index contributed by atoms with van der Waals surface area (Å²) >= 11 is 0. The Kier molecular flexibility index (Phi) is 4.87. The lowest BCUT2D eigenvalue weighted by atomic mass is 10.1. The maximum Gasteiger partial charge on any atom is 0.453 e. The molecule has 150 valence electrons. The van der Waals surface area contributed by atoms with Crippen LogP contribution in [0.4, 0.5) is 19.0 Å². The molecule has 0 spiro atoms. The summed E-state index contributed by atoms with van der Waals surface area (Å²) in [5.41, 5.74) is 0.793. The van der Waals surface area contributed by atoms with Gasteiger partial charge in [-0.2, -0.15) is 22.7 Å². The molecule has 1 aromatic carbocycles. The number of aromatic nitrogens is 6. The van der Waals surface area contributed by atoms with Crippen LogP contribution < -0.4 is 5.32 Å². The summed E-state index contributed by atoms with van der Waals surface area (Å²) in [4.78, 5) is 4.40. The second-order valence-electron chi connectivity index (χ2n) is 6.29. The topological polar surface area (TPSA) is 94.0 Å². The maximum atomic E-state index is 13.1. The summed E-state index contributed by atoms with van der Waals surface area (Å²) in [5.74, 6) is -0.163. The molecule has 0 aliphatic heterocycles. The lowest BCUT2D eigenvalue weighted by Gasteiger charge is -2.16. The molecule has 11 heteroatoms. The van der Waals surface area contributed by atoms with Gasteiger partial charge in [0, 0.05) is 6.42 Å². The Morgan fingerprint density at radius 3 is 2.62 bits per heavy atom. The summed E-state index contributed by atoms with van der Waals surface area (Å²) < 4.78 is 45.3. The molecule has 4 aromatic rings. The second kappa shape index (κ2) is 7.49. The van der Waals surface area contributed by atoms with Crippen LogP contribution in [0.25, 0.3) is 5.65 Å². The van der Waals surface area contributed by atoms with Crippen LogP contribution in [0.15, 0.2) is 47.0 Å². The SMILES string of the molecule is CCCc1nc(C(Nc2ccc3nnc(C(F)(F)F)n3n2)c2ccccc2)no1. The van der Waals surface area contributed by atoms with E-state index in [9.17, 15) is 13.2 Å². The van der Waals surface area contributed by atoms with E-state index in [1.54, 1.807) is 0 Å². The third kappa shape index (κ3) is 3.89. The highest BCUT2D eigenvalue weighted by Crippen LogP contribution is 2.28. The van der Waals surface area contributed by atoms with Gasteiger partial charge in [-0.25, -0.2) is 0 Å². The molecule has 0 amide bonds. The predicted molar refractivity (Wildman–Crippen MR) is 96.0 cm³/mol. The molecule has 8 nitrogen and oxygen atoms in total. The van der Waals surface area contributed by atoms with Crippen LogP contribution in [-0.2, 0) is 12.6 Å². The molecule has 1 atom stereocenters. The van der Waals surface area contributed by atoms with Gasteiger partial charge in [-0.3, -0.25) is 0 Å². The van der Waals surface area contributed by atoms with Gasteiger partial charge in [-0.15, -0.1) is 15.3 Å². The Hall–Kier alpha value is -3.50. The van der Waals surface area contributed by atoms with Gasteiger partial charge in [0.05, 0.1) is 0 Å². The van der Waals surface area contributed by atoms with Crippen molar-refractivity contribution in [1.29, 1.82) is 0 Å². The van der Waals surface area contributed by atoms with E-state index in [4.69, 9.17) is 4.52 Å². The quantitative estimate of drug-likeness (QED) is 0.525. The fourth-order valence-electron chi connectivity index (χ4n) is 2.83. The van der Waals surface area contributed by atoms with Crippen molar-refractivity contribution in [1.82, 2.24) is 30.0 Å². The number of aryl methyl sites for hydroxylation is 1. The summed E-state index contributed by atoms with van der Waals surface area (Å²) in [6.45, 7) is 1.99. The van der Waals surface area contributed by atoms with Gasteiger partial charge in [0.1, 0.15) is 11.9 Å². The summed E-state index contributed by atoms with van der Waals surface area (Å²) in [6, 6.07) is 11.6. The van der Waals surface area contributed by atoms with E-state index in [-0.39, 0.29) is 11.5 Å². The van der Waals surface area contributed by atoms with E-state index in [1.165, 1.54) is 12.1 Å². The van der Waals surface area contributed by atoms with Crippen molar-refractivity contribution in [3.05, 3.63) is 65.6 Å². The normalized spacial score (nSPS) is 13.0. The highest BCUT2D eigenvalue weighted by molar-refractivity contribution is 5.47. The van der Waals surface area contributed by atoms with Gasteiger partial charge in [-0.1, -0.05) is 42.4 Å². The van der Waals surface area contributed by atoms with Gasteiger partial charge in [0.15, 0.2) is 11.5 Å². The van der Waals surface area contributed by atoms with Crippen LogP contribution in [0.2, 0.25) is 0 Å². The van der Waals surface area contributed by atoms with E-state index >= 15 is 0 Å². The third-order valence-corrected chi connectivity index (χ3v) is 4.15. The number of hydrogen-bond donors (Lipinski definition) is 1. The minimum Gasteiger partial charge on any atom is -0.355 e. The first-order valence-corrected chi connectivity index (χ1v) is 8.89. The van der Waals surface area contributed by atoms with Crippen molar-refractivity contribution in [2.24, 2.45) is 0 Å². The number of anilines is 1. The highest BCUT2D eigenvalue weighted by Gasteiger charge is 2.37. The van der Waals surface area contributed by atoms with Crippen molar-refractivity contribution in [2.75, 3.05) is 5.32 Å². The van der Waals surface area contributed by atoms with Crippen molar-refractivity contribution in [3.63, 3.8) is 0 Å². The van der Waals surface area contributed by atoms with Crippen LogP contribution in [0.1, 0.15) is 42.5 Å². The Bertz CT molecular complexity index is 1110. The Morgan fingerprint density at radius 2 is 1.90 bits per heavy atom. The molecule has 1 N–H and O–H groups in total. The smallest absolute Gasteiger partial charge is 0.355 e. The van der Waals surface area contributed by atoms with Crippen molar-refractivity contribution in [2.45, 2.75) is 32.0 Å². The molecule has 0 fully saturated rings. The van der Waals surface area contributed by atoms with Crippen LogP contribution >= 0.6 is 0 Å². The van der Waals surface area contributed by atoms with Gasteiger partial charge >= 0.3 is 6.18 Å². The molecule has 0 aliphatic rings.